The topological polar surface area (TPSA) is 61.8 Å². The van der Waals surface area contributed by atoms with E-state index < -0.39 is 30.7 Å². The summed E-state index contributed by atoms with van der Waals surface area (Å²) in [7, 11) is 1.05. The van der Waals surface area contributed by atoms with Crippen molar-refractivity contribution in [3.05, 3.63) is 24.0 Å². The molecule has 0 saturated heterocycles. The van der Waals surface area contributed by atoms with Crippen LogP contribution in [0.3, 0.4) is 0 Å². The molecule has 23 heavy (non-hydrogen) atoms. The van der Waals surface area contributed by atoms with Crippen LogP contribution in [-0.2, 0) is 0 Å². The number of alkyl halides is 3. The molecule has 1 rings (SSSR count). The number of aliphatic hydroxyl groups is 1. The second-order valence-electron chi connectivity index (χ2n) is 5.18. The van der Waals surface area contributed by atoms with Crippen molar-refractivity contribution in [2.45, 2.75) is 32.2 Å². The van der Waals surface area contributed by atoms with Gasteiger partial charge in [-0.1, -0.05) is 0 Å². The van der Waals surface area contributed by atoms with Gasteiger partial charge in [-0.2, -0.15) is 13.2 Å². The Morgan fingerprint density at radius 1 is 1.39 bits per heavy atom. The van der Waals surface area contributed by atoms with Gasteiger partial charge in [0.2, 0.25) is 0 Å². The van der Waals surface area contributed by atoms with Crippen molar-refractivity contribution in [1.82, 2.24) is 4.90 Å². The Morgan fingerprint density at radius 3 is 2.48 bits per heavy atom. The van der Waals surface area contributed by atoms with Crippen LogP contribution in [0.4, 0.5) is 28.0 Å². The number of nitrogens with zero attached hydrogens (tertiary/aromatic N) is 1. The lowest BCUT2D eigenvalue weighted by molar-refractivity contribution is -0.205. The minimum absolute atomic E-state index is 0.162. The van der Waals surface area contributed by atoms with Crippen molar-refractivity contribution in [1.29, 1.82) is 0 Å². The van der Waals surface area contributed by atoms with E-state index in [2.05, 4.69) is 5.32 Å². The van der Waals surface area contributed by atoms with Crippen molar-refractivity contribution in [2.75, 3.05) is 18.9 Å². The van der Waals surface area contributed by atoms with Crippen LogP contribution in [0.25, 0.3) is 0 Å². The average Bonchev–Trinajstić information content (AvgIpc) is 2.39. The summed E-state index contributed by atoms with van der Waals surface area (Å²) in [5.41, 5.74) is -0.209. The Labute approximate surface area is 130 Å². The highest BCUT2D eigenvalue weighted by atomic mass is 19.4. The summed E-state index contributed by atoms with van der Waals surface area (Å²) in [6.45, 7) is 2.55. The number of nitrogens with one attached hydrogen (secondary N) is 1. The largest absolute Gasteiger partial charge is 0.491 e. The third-order valence-electron chi connectivity index (χ3n) is 2.73. The number of benzene rings is 1. The first-order chi connectivity index (χ1) is 10.5. The summed E-state index contributed by atoms with van der Waals surface area (Å²) in [5, 5.41) is 11.0. The third-order valence-corrected chi connectivity index (χ3v) is 2.73. The number of carbonyl (C=O) groups is 1. The van der Waals surface area contributed by atoms with Crippen molar-refractivity contribution in [2.24, 2.45) is 0 Å². The first kappa shape index (κ1) is 19.0. The quantitative estimate of drug-likeness (QED) is 0.812. The molecule has 5 nitrogen and oxygen atoms in total. The summed E-state index contributed by atoms with van der Waals surface area (Å²) in [4.78, 5) is 12.3. The molecule has 0 bridgehead atoms. The molecule has 1 aromatic rings. The standard InChI is InChI=1S/C14H18F4N2O3/c1-8(2)23-9-4-5-11(10(15)6-9)19-13(22)20(3)7-12(21)14(16,17)18/h4-6,8,12,21H,7H2,1-3H3,(H,19,22). The number of rotatable bonds is 5. The van der Waals surface area contributed by atoms with Gasteiger partial charge in [0.1, 0.15) is 11.6 Å². The number of anilines is 1. The van der Waals surface area contributed by atoms with Crippen LogP contribution in [0.2, 0.25) is 0 Å². The first-order valence-electron chi connectivity index (χ1n) is 6.73. The van der Waals surface area contributed by atoms with Gasteiger partial charge in [0.05, 0.1) is 18.3 Å². The van der Waals surface area contributed by atoms with Gasteiger partial charge >= 0.3 is 12.2 Å². The van der Waals surface area contributed by atoms with Crippen LogP contribution in [0.1, 0.15) is 13.8 Å². The van der Waals surface area contributed by atoms with Gasteiger partial charge in [-0.15, -0.1) is 0 Å². The number of hydrogen-bond acceptors (Lipinski definition) is 3. The van der Waals surface area contributed by atoms with E-state index in [-0.39, 0.29) is 17.5 Å². The molecule has 0 fully saturated rings. The average molecular weight is 338 g/mol. The predicted octanol–water partition coefficient (Wildman–Crippen LogP) is 3.00. The highest BCUT2D eigenvalue weighted by Crippen LogP contribution is 2.23. The molecule has 0 aliphatic heterocycles. The van der Waals surface area contributed by atoms with E-state index in [1.165, 1.54) is 12.1 Å². The van der Waals surface area contributed by atoms with Crippen molar-refractivity contribution in [3.8, 4) is 5.75 Å². The molecular formula is C14H18F4N2O3. The molecule has 130 valence electrons. The molecule has 9 heteroatoms. The van der Waals surface area contributed by atoms with Gasteiger partial charge in [0.15, 0.2) is 6.10 Å². The second kappa shape index (κ2) is 7.49. The number of carbonyl (C=O) groups excluding carboxylic acids is 1. The third kappa shape index (κ3) is 5.93. The zero-order valence-corrected chi connectivity index (χ0v) is 12.8. The Hall–Kier alpha value is -2.03. The maximum absolute atomic E-state index is 13.8. The van der Waals surface area contributed by atoms with Crippen LogP contribution in [-0.4, -0.2) is 48.0 Å². The highest BCUT2D eigenvalue weighted by molar-refractivity contribution is 5.89. The fourth-order valence-electron chi connectivity index (χ4n) is 1.60. The van der Waals surface area contributed by atoms with E-state index in [9.17, 15) is 22.4 Å². The minimum atomic E-state index is -4.84. The molecular weight excluding hydrogens is 320 g/mol. The Kier molecular flexibility index (Phi) is 6.20. The molecule has 1 unspecified atom stereocenters. The fraction of sp³-hybridized carbons (Fsp3) is 0.500. The van der Waals surface area contributed by atoms with Crippen molar-refractivity contribution in [3.63, 3.8) is 0 Å². The molecule has 0 spiro atoms. The molecule has 0 radical (unpaired) electrons. The van der Waals surface area contributed by atoms with E-state index in [0.717, 1.165) is 13.1 Å². The van der Waals surface area contributed by atoms with Crippen molar-refractivity contribution >= 4 is 11.7 Å². The molecule has 0 aromatic heterocycles. The number of amides is 2. The first-order valence-corrected chi connectivity index (χ1v) is 6.73. The molecule has 0 aliphatic carbocycles. The SMILES string of the molecule is CC(C)Oc1ccc(NC(=O)N(C)CC(O)C(F)(F)F)c(F)c1. The normalized spacial score (nSPS) is 12.9. The number of aliphatic hydroxyl groups excluding tert-OH is 1. The lowest BCUT2D eigenvalue weighted by atomic mass is 10.3. The van der Waals surface area contributed by atoms with Crippen LogP contribution >= 0.6 is 0 Å². The van der Waals surface area contributed by atoms with Crippen molar-refractivity contribution < 1.29 is 32.2 Å². The van der Waals surface area contributed by atoms with Crippen LogP contribution < -0.4 is 10.1 Å². The van der Waals surface area contributed by atoms with Crippen LogP contribution in [0.5, 0.6) is 5.75 Å². The summed E-state index contributed by atoms with van der Waals surface area (Å²) < 4.78 is 55.8. The van der Waals surface area contributed by atoms with E-state index in [0.29, 0.717) is 4.90 Å². The highest BCUT2D eigenvalue weighted by Gasteiger charge is 2.39. The monoisotopic (exact) mass is 338 g/mol. The molecule has 1 atom stereocenters. The predicted molar refractivity (Wildman–Crippen MR) is 75.9 cm³/mol. The van der Waals surface area contributed by atoms with Gasteiger partial charge in [0.25, 0.3) is 0 Å². The number of ether oxygens (including phenoxy) is 1. The summed E-state index contributed by atoms with van der Waals surface area (Å²) >= 11 is 0. The number of likely N-dealkylation sites (N-methyl/N-ethyl adjacent to an activating group) is 1. The van der Waals surface area contributed by atoms with Gasteiger partial charge in [-0.05, 0) is 26.0 Å². The summed E-state index contributed by atoms with van der Waals surface area (Å²) in [6.07, 6.45) is -7.68. The maximum atomic E-state index is 13.8. The van der Waals surface area contributed by atoms with Gasteiger partial charge in [-0.3, -0.25) is 0 Å². The zero-order chi connectivity index (χ0) is 17.8. The molecule has 0 aliphatic rings. The fourth-order valence-corrected chi connectivity index (χ4v) is 1.60. The summed E-state index contributed by atoms with van der Waals surface area (Å²) in [6, 6.07) is 2.73. The van der Waals surface area contributed by atoms with E-state index in [4.69, 9.17) is 9.84 Å². The van der Waals surface area contributed by atoms with Crippen LogP contribution in [0.15, 0.2) is 18.2 Å². The molecule has 0 saturated carbocycles. The van der Waals surface area contributed by atoms with Gasteiger partial charge < -0.3 is 20.1 Å². The van der Waals surface area contributed by atoms with Gasteiger partial charge in [-0.25, -0.2) is 9.18 Å². The number of hydrogen-bond donors (Lipinski definition) is 2. The number of halogens is 4. The van der Waals surface area contributed by atoms with E-state index >= 15 is 0 Å². The molecule has 2 N–H and O–H groups in total. The number of urea groups is 1. The van der Waals surface area contributed by atoms with E-state index in [1.807, 2.05) is 0 Å². The Bertz CT molecular complexity index is 549. The molecule has 2 amide bonds. The van der Waals surface area contributed by atoms with Gasteiger partial charge in [0, 0.05) is 13.1 Å². The minimum Gasteiger partial charge on any atom is -0.491 e. The molecule has 0 heterocycles. The lowest BCUT2D eigenvalue weighted by Crippen LogP contribution is -2.43. The smallest absolute Gasteiger partial charge is 0.416 e. The maximum Gasteiger partial charge on any atom is 0.416 e. The Morgan fingerprint density at radius 2 is 2.00 bits per heavy atom. The van der Waals surface area contributed by atoms with E-state index in [1.54, 1.807) is 13.8 Å². The summed E-state index contributed by atoms with van der Waals surface area (Å²) in [5.74, 6) is -0.530. The zero-order valence-electron chi connectivity index (χ0n) is 12.8. The second-order valence-corrected chi connectivity index (χ2v) is 5.18. The molecule has 1 aromatic carbocycles. The Balaban J connectivity index is 2.70. The lowest BCUT2D eigenvalue weighted by Gasteiger charge is -2.23. The van der Waals surface area contributed by atoms with Crippen LogP contribution in [0, 0.1) is 5.82 Å².